The third kappa shape index (κ3) is 2.93. The third-order valence-electron chi connectivity index (χ3n) is 4.51. The molecule has 2 heterocycles. The average molecular weight is 259 g/mol. The number of nitrogens with zero attached hydrogens (tertiary/aromatic N) is 2. The molecule has 2 saturated heterocycles. The van der Waals surface area contributed by atoms with E-state index in [1.165, 1.54) is 25.2 Å². The normalized spacial score (nSPS) is 27.7. The maximum atomic E-state index is 3.63. The minimum absolute atomic E-state index is 0.321. The summed E-state index contributed by atoms with van der Waals surface area (Å²) in [6.07, 6.45) is 1.28. The van der Waals surface area contributed by atoms with Crippen molar-refractivity contribution in [1.82, 2.24) is 10.2 Å². The van der Waals surface area contributed by atoms with E-state index in [4.69, 9.17) is 0 Å². The van der Waals surface area contributed by atoms with E-state index in [2.05, 4.69) is 59.3 Å². The van der Waals surface area contributed by atoms with E-state index in [-0.39, 0.29) is 0 Å². The lowest BCUT2D eigenvalue weighted by Gasteiger charge is -2.39. The van der Waals surface area contributed by atoms with E-state index >= 15 is 0 Å². The van der Waals surface area contributed by atoms with Crippen LogP contribution in [0.5, 0.6) is 0 Å². The highest BCUT2D eigenvalue weighted by molar-refractivity contribution is 5.46. The lowest BCUT2D eigenvalue weighted by Crippen LogP contribution is -2.51. The van der Waals surface area contributed by atoms with Crippen molar-refractivity contribution in [2.24, 2.45) is 0 Å². The van der Waals surface area contributed by atoms with E-state index in [1.807, 2.05) is 0 Å². The Morgan fingerprint density at radius 1 is 1.05 bits per heavy atom. The highest BCUT2D eigenvalue weighted by Gasteiger charge is 2.34. The Morgan fingerprint density at radius 3 is 2.32 bits per heavy atom. The van der Waals surface area contributed by atoms with Crippen LogP contribution in [0.25, 0.3) is 0 Å². The van der Waals surface area contributed by atoms with Gasteiger partial charge in [-0.2, -0.15) is 0 Å². The Hall–Kier alpha value is -1.06. The van der Waals surface area contributed by atoms with Gasteiger partial charge in [-0.15, -0.1) is 0 Å². The quantitative estimate of drug-likeness (QED) is 0.876. The molecule has 104 valence electrons. The summed E-state index contributed by atoms with van der Waals surface area (Å²) >= 11 is 0. The van der Waals surface area contributed by atoms with Crippen LogP contribution in [0.15, 0.2) is 30.3 Å². The van der Waals surface area contributed by atoms with E-state index in [9.17, 15) is 0 Å². The number of para-hydroxylation sites is 1. The highest BCUT2D eigenvalue weighted by Crippen LogP contribution is 2.24. The summed E-state index contributed by atoms with van der Waals surface area (Å²) in [6.45, 7) is 10.5. The number of piperazine rings is 1. The highest BCUT2D eigenvalue weighted by atomic mass is 15.3. The van der Waals surface area contributed by atoms with Gasteiger partial charge in [0.25, 0.3) is 0 Å². The molecule has 0 radical (unpaired) electrons. The molecule has 0 aromatic heterocycles. The Balaban J connectivity index is 1.56. The van der Waals surface area contributed by atoms with Gasteiger partial charge in [0.05, 0.1) is 0 Å². The van der Waals surface area contributed by atoms with Crippen LogP contribution in [0.1, 0.15) is 20.3 Å². The number of rotatable bonds is 2. The standard InChI is InChI=1S/C16H25N3/c1-16(2)12-15(13-17-16)19-10-8-18(9-11-19)14-6-4-3-5-7-14/h3-7,15,17H,8-13H2,1-2H3. The number of anilines is 1. The van der Waals surface area contributed by atoms with Gasteiger partial charge in [0, 0.05) is 50.0 Å². The first-order chi connectivity index (χ1) is 9.14. The average Bonchev–Trinajstić information content (AvgIpc) is 2.80. The van der Waals surface area contributed by atoms with Gasteiger partial charge in [0.1, 0.15) is 0 Å². The maximum Gasteiger partial charge on any atom is 0.0367 e. The second kappa shape index (κ2) is 5.14. The van der Waals surface area contributed by atoms with Gasteiger partial charge in [0.15, 0.2) is 0 Å². The van der Waals surface area contributed by atoms with Crippen LogP contribution >= 0.6 is 0 Å². The van der Waals surface area contributed by atoms with Crippen molar-refractivity contribution in [2.75, 3.05) is 37.6 Å². The first kappa shape index (κ1) is 12.9. The zero-order valence-corrected chi connectivity index (χ0v) is 12.1. The summed E-state index contributed by atoms with van der Waals surface area (Å²) in [5.41, 5.74) is 1.69. The molecule has 2 fully saturated rings. The molecule has 3 nitrogen and oxygen atoms in total. The molecular weight excluding hydrogens is 234 g/mol. The monoisotopic (exact) mass is 259 g/mol. The SMILES string of the molecule is CC1(C)CC(N2CCN(c3ccccc3)CC2)CN1. The zero-order chi connectivity index (χ0) is 13.3. The van der Waals surface area contributed by atoms with E-state index < -0.39 is 0 Å². The lowest BCUT2D eigenvalue weighted by molar-refractivity contribution is 0.191. The molecule has 0 bridgehead atoms. The first-order valence-corrected chi connectivity index (χ1v) is 7.43. The van der Waals surface area contributed by atoms with Gasteiger partial charge < -0.3 is 10.2 Å². The predicted molar refractivity (Wildman–Crippen MR) is 80.7 cm³/mol. The molecule has 1 atom stereocenters. The van der Waals surface area contributed by atoms with Gasteiger partial charge in [-0.3, -0.25) is 4.90 Å². The number of hydrogen-bond donors (Lipinski definition) is 1. The van der Waals surface area contributed by atoms with Gasteiger partial charge in [-0.25, -0.2) is 0 Å². The molecule has 2 aliphatic heterocycles. The fourth-order valence-corrected chi connectivity index (χ4v) is 3.37. The van der Waals surface area contributed by atoms with Crippen LogP contribution in [0.2, 0.25) is 0 Å². The van der Waals surface area contributed by atoms with Crippen molar-refractivity contribution < 1.29 is 0 Å². The van der Waals surface area contributed by atoms with Crippen molar-refractivity contribution in [3.8, 4) is 0 Å². The van der Waals surface area contributed by atoms with Crippen LogP contribution in [0.4, 0.5) is 5.69 Å². The molecule has 1 N–H and O–H groups in total. The Labute approximate surface area is 116 Å². The fraction of sp³-hybridized carbons (Fsp3) is 0.625. The molecular formula is C16H25N3. The first-order valence-electron chi connectivity index (χ1n) is 7.43. The van der Waals surface area contributed by atoms with Gasteiger partial charge in [0.2, 0.25) is 0 Å². The molecule has 3 rings (SSSR count). The van der Waals surface area contributed by atoms with Gasteiger partial charge in [-0.05, 0) is 32.4 Å². The van der Waals surface area contributed by atoms with Gasteiger partial charge in [-0.1, -0.05) is 18.2 Å². The van der Waals surface area contributed by atoms with Crippen molar-refractivity contribution in [3.05, 3.63) is 30.3 Å². The smallest absolute Gasteiger partial charge is 0.0367 e. The lowest BCUT2D eigenvalue weighted by atomic mass is 10.0. The summed E-state index contributed by atoms with van der Waals surface area (Å²) in [6, 6.07) is 11.5. The predicted octanol–water partition coefficient (Wildman–Crippen LogP) is 1.95. The Morgan fingerprint density at radius 2 is 1.74 bits per heavy atom. The Kier molecular flexibility index (Phi) is 3.50. The van der Waals surface area contributed by atoms with Crippen molar-refractivity contribution in [3.63, 3.8) is 0 Å². The third-order valence-corrected chi connectivity index (χ3v) is 4.51. The molecule has 1 unspecified atom stereocenters. The summed E-state index contributed by atoms with van der Waals surface area (Å²) in [5, 5.41) is 3.63. The van der Waals surface area contributed by atoms with Crippen LogP contribution in [0.3, 0.4) is 0 Å². The number of hydrogen-bond acceptors (Lipinski definition) is 3. The molecule has 0 amide bonds. The van der Waals surface area contributed by atoms with Crippen LogP contribution in [-0.4, -0.2) is 49.2 Å². The zero-order valence-electron chi connectivity index (χ0n) is 12.1. The molecule has 1 aromatic carbocycles. The molecule has 2 aliphatic rings. The summed E-state index contributed by atoms with van der Waals surface area (Å²) in [4.78, 5) is 5.17. The Bertz CT molecular complexity index is 407. The largest absolute Gasteiger partial charge is 0.369 e. The van der Waals surface area contributed by atoms with Crippen LogP contribution in [0, 0.1) is 0 Å². The molecule has 3 heteroatoms. The van der Waals surface area contributed by atoms with E-state index in [1.54, 1.807) is 0 Å². The fourth-order valence-electron chi connectivity index (χ4n) is 3.37. The second-order valence-electron chi connectivity index (χ2n) is 6.48. The second-order valence-corrected chi connectivity index (χ2v) is 6.48. The summed E-state index contributed by atoms with van der Waals surface area (Å²) in [7, 11) is 0. The molecule has 1 aromatic rings. The number of benzene rings is 1. The molecule has 0 aliphatic carbocycles. The molecule has 19 heavy (non-hydrogen) atoms. The minimum atomic E-state index is 0.321. The summed E-state index contributed by atoms with van der Waals surface area (Å²) in [5.74, 6) is 0. The van der Waals surface area contributed by atoms with Crippen molar-refractivity contribution in [2.45, 2.75) is 31.8 Å². The van der Waals surface area contributed by atoms with Gasteiger partial charge >= 0.3 is 0 Å². The molecule has 0 spiro atoms. The van der Waals surface area contributed by atoms with Crippen molar-refractivity contribution in [1.29, 1.82) is 0 Å². The topological polar surface area (TPSA) is 18.5 Å². The van der Waals surface area contributed by atoms with Crippen molar-refractivity contribution >= 4 is 5.69 Å². The van der Waals surface area contributed by atoms with Crippen LogP contribution in [-0.2, 0) is 0 Å². The van der Waals surface area contributed by atoms with E-state index in [0.717, 1.165) is 25.7 Å². The minimum Gasteiger partial charge on any atom is -0.369 e. The maximum absolute atomic E-state index is 3.63. The summed E-state index contributed by atoms with van der Waals surface area (Å²) < 4.78 is 0. The molecule has 0 saturated carbocycles. The number of nitrogens with one attached hydrogen (secondary N) is 1. The van der Waals surface area contributed by atoms with E-state index in [0.29, 0.717) is 5.54 Å². The van der Waals surface area contributed by atoms with Crippen LogP contribution < -0.4 is 10.2 Å².